The quantitative estimate of drug-likeness (QED) is 0.793. The van der Waals surface area contributed by atoms with Crippen LogP contribution in [-0.2, 0) is 17.8 Å². The van der Waals surface area contributed by atoms with Gasteiger partial charge in [-0.2, -0.15) is 0 Å². The molecule has 0 aromatic carbocycles. The van der Waals surface area contributed by atoms with Crippen LogP contribution < -0.4 is 5.32 Å². The predicted molar refractivity (Wildman–Crippen MR) is 63.4 cm³/mol. The minimum absolute atomic E-state index is 0.452. The molecule has 1 aromatic heterocycles. The van der Waals surface area contributed by atoms with Crippen LogP contribution in [0.3, 0.4) is 0 Å². The highest BCUT2D eigenvalue weighted by molar-refractivity contribution is 4.78. The van der Waals surface area contributed by atoms with Crippen molar-refractivity contribution in [1.82, 2.24) is 25.5 Å². The normalized spacial score (nSPS) is 17.5. The lowest BCUT2D eigenvalue weighted by Gasteiger charge is -2.21. The monoisotopic (exact) mass is 239 g/mol. The van der Waals surface area contributed by atoms with Gasteiger partial charge in [-0.1, -0.05) is 19.3 Å². The van der Waals surface area contributed by atoms with Crippen LogP contribution in [0.5, 0.6) is 0 Å². The maximum atomic E-state index is 5.85. The number of ether oxygens (including phenoxy) is 1. The van der Waals surface area contributed by atoms with Gasteiger partial charge in [0.15, 0.2) is 5.82 Å². The van der Waals surface area contributed by atoms with E-state index in [2.05, 4.69) is 20.8 Å². The first-order valence-electron chi connectivity index (χ1n) is 6.41. The number of hydrogen-bond acceptors (Lipinski definition) is 5. The third-order valence-electron chi connectivity index (χ3n) is 3.15. The molecule has 1 aromatic rings. The van der Waals surface area contributed by atoms with E-state index in [-0.39, 0.29) is 0 Å². The van der Waals surface area contributed by atoms with Crippen LogP contribution in [0.25, 0.3) is 0 Å². The van der Waals surface area contributed by atoms with Crippen molar-refractivity contribution in [2.75, 3.05) is 13.7 Å². The number of aromatic nitrogens is 4. The van der Waals surface area contributed by atoms with Crippen molar-refractivity contribution in [2.24, 2.45) is 0 Å². The van der Waals surface area contributed by atoms with Crippen molar-refractivity contribution in [3.05, 3.63) is 5.82 Å². The third kappa shape index (κ3) is 3.74. The molecule has 0 atom stereocenters. The highest BCUT2D eigenvalue weighted by Crippen LogP contribution is 2.20. The Morgan fingerprint density at radius 2 is 2.18 bits per heavy atom. The lowest BCUT2D eigenvalue weighted by molar-refractivity contribution is 0.0223. The summed E-state index contributed by atoms with van der Waals surface area (Å²) >= 11 is 0. The zero-order valence-corrected chi connectivity index (χ0v) is 10.4. The van der Waals surface area contributed by atoms with Crippen LogP contribution in [0.15, 0.2) is 0 Å². The molecule has 0 amide bonds. The fourth-order valence-electron chi connectivity index (χ4n) is 2.22. The van der Waals surface area contributed by atoms with E-state index in [1.54, 1.807) is 4.68 Å². The predicted octanol–water partition coefficient (Wildman–Crippen LogP) is 0.742. The van der Waals surface area contributed by atoms with Crippen molar-refractivity contribution in [3.63, 3.8) is 0 Å². The summed E-state index contributed by atoms with van der Waals surface area (Å²) in [5.74, 6) is 0.861. The molecule has 6 heteroatoms. The van der Waals surface area contributed by atoms with Crippen molar-refractivity contribution >= 4 is 0 Å². The SMILES string of the molecule is CNCc1nnnn1CCOC1CCCCC1. The van der Waals surface area contributed by atoms with E-state index in [4.69, 9.17) is 4.74 Å². The largest absolute Gasteiger partial charge is 0.376 e. The van der Waals surface area contributed by atoms with Gasteiger partial charge in [-0.15, -0.1) is 5.10 Å². The molecule has 96 valence electrons. The van der Waals surface area contributed by atoms with Gasteiger partial charge in [-0.25, -0.2) is 4.68 Å². The average molecular weight is 239 g/mol. The Morgan fingerprint density at radius 1 is 1.35 bits per heavy atom. The summed E-state index contributed by atoms with van der Waals surface area (Å²) in [7, 11) is 1.89. The molecule has 0 spiro atoms. The summed E-state index contributed by atoms with van der Waals surface area (Å²) in [6, 6.07) is 0. The molecule has 1 N–H and O–H groups in total. The Kier molecular flexibility index (Phi) is 4.88. The fourth-order valence-corrected chi connectivity index (χ4v) is 2.22. The van der Waals surface area contributed by atoms with Gasteiger partial charge >= 0.3 is 0 Å². The second-order valence-electron chi connectivity index (χ2n) is 4.48. The number of rotatable bonds is 6. The highest BCUT2D eigenvalue weighted by atomic mass is 16.5. The van der Waals surface area contributed by atoms with Gasteiger partial charge in [0.05, 0.1) is 25.8 Å². The van der Waals surface area contributed by atoms with Gasteiger partial charge in [-0.05, 0) is 30.3 Å². The molecule has 1 aliphatic rings. The Morgan fingerprint density at radius 3 is 2.94 bits per heavy atom. The van der Waals surface area contributed by atoms with Gasteiger partial charge in [0.2, 0.25) is 0 Å². The second-order valence-corrected chi connectivity index (χ2v) is 4.48. The van der Waals surface area contributed by atoms with Crippen molar-refractivity contribution < 1.29 is 4.74 Å². The molecule has 1 fully saturated rings. The molecule has 17 heavy (non-hydrogen) atoms. The smallest absolute Gasteiger partial charge is 0.165 e. The van der Waals surface area contributed by atoms with E-state index in [0.29, 0.717) is 19.3 Å². The van der Waals surface area contributed by atoms with Crippen LogP contribution in [0.2, 0.25) is 0 Å². The minimum Gasteiger partial charge on any atom is -0.376 e. The number of nitrogens with one attached hydrogen (secondary N) is 1. The molecule has 0 radical (unpaired) electrons. The van der Waals surface area contributed by atoms with Gasteiger partial charge in [0.1, 0.15) is 0 Å². The molecule has 1 saturated carbocycles. The molecule has 2 rings (SSSR count). The van der Waals surface area contributed by atoms with Crippen LogP contribution in [0.4, 0.5) is 0 Å². The molecular weight excluding hydrogens is 218 g/mol. The van der Waals surface area contributed by atoms with Gasteiger partial charge in [0, 0.05) is 0 Å². The van der Waals surface area contributed by atoms with Crippen LogP contribution in [0, 0.1) is 0 Å². The van der Waals surface area contributed by atoms with Crippen LogP contribution >= 0.6 is 0 Å². The summed E-state index contributed by atoms with van der Waals surface area (Å²) in [6.07, 6.45) is 6.84. The summed E-state index contributed by atoms with van der Waals surface area (Å²) < 4.78 is 7.66. The summed E-state index contributed by atoms with van der Waals surface area (Å²) in [4.78, 5) is 0. The topological polar surface area (TPSA) is 64.9 Å². The molecule has 0 unspecified atom stereocenters. The Bertz CT molecular complexity index is 321. The van der Waals surface area contributed by atoms with E-state index < -0.39 is 0 Å². The van der Waals surface area contributed by atoms with E-state index in [0.717, 1.165) is 12.4 Å². The fraction of sp³-hybridized carbons (Fsp3) is 0.909. The Labute approximate surface area is 102 Å². The van der Waals surface area contributed by atoms with Crippen molar-refractivity contribution in [3.8, 4) is 0 Å². The summed E-state index contributed by atoms with van der Waals surface area (Å²) in [6.45, 7) is 2.13. The standard InChI is InChI=1S/C11H21N5O/c1-12-9-11-13-14-15-16(11)7-8-17-10-5-3-2-4-6-10/h10,12H,2-9H2,1H3. The Balaban J connectivity index is 1.71. The van der Waals surface area contributed by atoms with E-state index >= 15 is 0 Å². The first-order chi connectivity index (χ1) is 8.40. The van der Waals surface area contributed by atoms with Crippen LogP contribution in [-0.4, -0.2) is 40.0 Å². The van der Waals surface area contributed by atoms with E-state index in [9.17, 15) is 0 Å². The first kappa shape index (κ1) is 12.4. The molecule has 1 aliphatic carbocycles. The summed E-state index contributed by atoms with van der Waals surface area (Å²) in [5, 5.41) is 14.6. The molecule has 0 bridgehead atoms. The zero-order valence-electron chi connectivity index (χ0n) is 10.4. The molecule has 0 saturated heterocycles. The number of tetrazole rings is 1. The van der Waals surface area contributed by atoms with E-state index in [1.807, 2.05) is 7.05 Å². The lowest BCUT2D eigenvalue weighted by atomic mass is 9.98. The van der Waals surface area contributed by atoms with Gasteiger partial charge in [-0.3, -0.25) is 0 Å². The molecule has 1 heterocycles. The van der Waals surface area contributed by atoms with E-state index in [1.165, 1.54) is 32.1 Å². The van der Waals surface area contributed by atoms with Crippen LogP contribution in [0.1, 0.15) is 37.9 Å². The number of hydrogen-bond donors (Lipinski definition) is 1. The molecular formula is C11H21N5O. The number of nitrogens with zero attached hydrogens (tertiary/aromatic N) is 4. The Hall–Kier alpha value is -1.01. The third-order valence-corrected chi connectivity index (χ3v) is 3.15. The van der Waals surface area contributed by atoms with Gasteiger partial charge < -0.3 is 10.1 Å². The van der Waals surface area contributed by atoms with Crippen molar-refractivity contribution in [1.29, 1.82) is 0 Å². The zero-order chi connectivity index (χ0) is 11.9. The molecule has 0 aliphatic heterocycles. The summed E-state index contributed by atoms with van der Waals surface area (Å²) in [5.41, 5.74) is 0. The highest BCUT2D eigenvalue weighted by Gasteiger charge is 2.13. The average Bonchev–Trinajstić information content (AvgIpc) is 2.79. The second kappa shape index (κ2) is 6.66. The first-order valence-corrected chi connectivity index (χ1v) is 6.41. The lowest BCUT2D eigenvalue weighted by Crippen LogP contribution is -2.21. The van der Waals surface area contributed by atoms with Gasteiger partial charge in [0.25, 0.3) is 0 Å². The molecule has 6 nitrogen and oxygen atoms in total. The van der Waals surface area contributed by atoms with Crippen molar-refractivity contribution in [2.45, 2.75) is 51.3 Å². The maximum Gasteiger partial charge on any atom is 0.165 e. The maximum absolute atomic E-state index is 5.85. The minimum atomic E-state index is 0.452.